The van der Waals surface area contributed by atoms with Crippen LogP contribution in [-0.4, -0.2) is 12.2 Å². The first-order valence-corrected chi connectivity index (χ1v) is 6.02. The molecule has 3 nitrogen and oxygen atoms in total. The van der Waals surface area contributed by atoms with Crippen LogP contribution in [0.25, 0.3) is 0 Å². The third-order valence-electron chi connectivity index (χ3n) is 1.69. The lowest BCUT2D eigenvalue weighted by atomic mass is 10.1. The number of carbonyl (C=O) groups excluding carboxylic acids is 2. The monoisotopic (exact) mass is 237 g/mol. The Hall–Kier alpha value is -1.64. The first-order chi connectivity index (χ1) is 8.22. The van der Waals surface area contributed by atoms with Gasteiger partial charge >= 0.3 is 0 Å². The van der Waals surface area contributed by atoms with E-state index in [9.17, 15) is 9.59 Å². The van der Waals surface area contributed by atoms with E-state index in [-0.39, 0.29) is 12.3 Å². The lowest BCUT2D eigenvalue weighted by Crippen LogP contribution is -2.13. The highest BCUT2D eigenvalue weighted by atomic mass is 16.1. The van der Waals surface area contributed by atoms with Crippen molar-refractivity contribution in [2.75, 3.05) is 0 Å². The van der Waals surface area contributed by atoms with Gasteiger partial charge in [0.2, 0.25) is 5.91 Å². The van der Waals surface area contributed by atoms with E-state index in [4.69, 9.17) is 5.73 Å². The number of primary amides is 1. The number of rotatable bonds is 4. The van der Waals surface area contributed by atoms with E-state index in [0.29, 0.717) is 6.42 Å². The molecule has 0 aliphatic carbocycles. The highest BCUT2D eigenvalue weighted by Gasteiger charge is 1.99. The molecular weight excluding hydrogens is 214 g/mol. The van der Waals surface area contributed by atoms with Crippen molar-refractivity contribution in [3.63, 3.8) is 0 Å². The van der Waals surface area contributed by atoms with E-state index in [0.717, 1.165) is 17.4 Å². The molecule has 0 radical (unpaired) electrons. The molecule has 1 aromatic rings. The van der Waals surface area contributed by atoms with Crippen LogP contribution < -0.4 is 5.73 Å². The maximum atomic E-state index is 10.6. The van der Waals surface area contributed by atoms with Gasteiger partial charge < -0.3 is 10.5 Å². The minimum absolute atomic E-state index is 0.229. The molecule has 0 aliphatic heterocycles. The fourth-order valence-electron chi connectivity index (χ4n) is 1.16. The van der Waals surface area contributed by atoms with Gasteiger partial charge in [-0.05, 0) is 11.1 Å². The topological polar surface area (TPSA) is 60.2 Å². The summed E-state index contributed by atoms with van der Waals surface area (Å²) in [5.74, 6) is -0.358. The number of carbonyl (C=O) groups is 2. The Labute approximate surface area is 104 Å². The lowest BCUT2D eigenvalue weighted by molar-refractivity contribution is -0.117. The van der Waals surface area contributed by atoms with E-state index in [1.165, 1.54) is 0 Å². The fraction of sp³-hybridized carbons (Fsp3) is 0.429. The van der Waals surface area contributed by atoms with Crippen molar-refractivity contribution in [2.24, 2.45) is 5.73 Å². The molecule has 1 amide bonds. The van der Waals surface area contributed by atoms with Crippen LogP contribution in [0.3, 0.4) is 0 Å². The molecule has 0 atom stereocenters. The molecule has 0 bridgehead atoms. The summed E-state index contributed by atoms with van der Waals surface area (Å²) in [6, 6.07) is 7.30. The second kappa shape index (κ2) is 12.4. The van der Waals surface area contributed by atoms with E-state index in [1.54, 1.807) is 0 Å². The largest absolute Gasteiger partial charge is 0.369 e. The van der Waals surface area contributed by atoms with E-state index in [1.807, 2.05) is 52.0 Å². The van der Waals surface area contributed by atoms with Gasteiger partial charge in [0.15, 0.2) is 0 Å². The smallest absolute Gasteiger partial charge is 0.221 e. The van der Waals surface area contributed by atoms with Crippen LogP contribution in [0, 0.1) is 0 Å². The molecule has 0 aromatic heterocycles. The van der Waals surface area contributed by atoms with Gasteiger partial charge in [-0.2, -0.15) is 0 Å². The molecule has 0 heterocycles. The molecule has 0 fully saturated rings. The van der Waals surface area contributed by atoms with Gasteiger partial charge in [-0.15, -0.1) is 0 Å². The third kappa shape index (κ3) is 9.30. The van der Waals surface area contributed by atoms with E-state index < -0.39 is 0 Å². The SMILES string of the molecule is CC.CC.NC(=O)Cc1cccc(CC=O)c1. The normalized spacial score (nSPS) is 8.00. The van der Waals surface area contributed by atoms with E-state index in [2.05, 4.69) is 0 Å². The molecule has 0 spiro atoms. The second-order valence-corrected chi connectivity index (χ2v) is 2.83. The molecule has 0 unspecified atom stereocenters. The highest BCUT2D eigenvalue weighted by Crippen LogP contribution is 2.05. The van der Waals surface area contributed by atoms with Gasteiger partial charge in [-0.3, -0.25) is 4.79 Å². The predicted molar refractivity (Wildman–Crippen MR) is 71.8 cm³/mol. The van der Waals surface area contributed by atoms with Gasteiger partial charge in [-0.25, -0.2) is 0 Å². The summed E-state index contributed by atoms with van der Waals surface area (Å²) < 4.78 is 0. The minimum Gasteiger partial charge on any atom is -0.369 e. The van der Waals surface area contributed by atoms with E-state index >= 15 is 0 Å². The van der Waals surface area contributed by atoms with Crippen LogP contribution in [0.4, 0.5) is 0 Å². The first kappa shape index (κ1) is 17.7. The average molecular weight is 237 g/mol. The molecule has 17 heavy (non-hydrogen) atoms. The highest BCUT2D eigenvalue weighted by molar-refractivity contribution is 5.76. The summed E-state index contributed by atoms with van der Waals surface area (Å²) in [7, 11) is 0. The zero-order chi connectivity index (χ0) is 13.7. The number of hydrogen-bond donors (Lipinski definition) is 1. The van der Waals surface area contributed by atoms with Crippen LogP contribution >= 0.6 is 0 Å². The van der Waals surface area contributed by atoms with Gasteiger partial charge in [-0.1, -0.05) is 52.0 Å². The molecule has 3 heteroatoms. The van der Waals surface area contributed by atoms with Crippen molar-refractivity contribution in [1.82, 2.24) is 0 Å². The van der Waals surface area contributed by atoms with Crippen LogP contribution in [0.15, 0.2) is 24.3 Å². The van der Waals surface area contributed by atoms with Crippen LogP contribution in [0.1, 0.15) is 38.8 Å². The fourth-order valence-corrected chi connectivity index (χ4v) is 1.16. The van der Waals surface area contributed by atoms with Crippen LogP contribution in [-0.2, 0) is 22.4 Å². The van der Waals surface area contributed by atoms with Crippen LogP contribution in [0.2, 0.25) is 0 Å². The molecule has 1 rings (SSSR count). The zero-order valence-electron chi connectivity index (χ0n) is 11.2. The van der Waals surface area contributed by atoms with Crippen molar-refractivity contribution in [3.05, 3.63) is 35.4 Å². The zero-order valence-corrected chi connectivity index (χ0v) is 11.2. The third-order valence-corrected chi connectivity index (χ3v) is 1.69. The van der Waals surface area contributed by atoms with Crippen LogP contribution in [0.5, 0.6) is 0 Å². The summed E-state index contributed by atoms with van der Waals surface area (Å²) in [6.45, 7) is 8.00. The second-order valence-electron chi connectivity index (χ2n) is 2.83. The van der Waals surface area contributed by atoms with Crippen molar-refractivity contribution in [3.8, 4) is 0 Å². The Morgan fingerprint density at radius 3 is 2.18 bits per heavy atom. The molecule has 0 saturated heterocycles. The number of aldehydes is 1. The Balaban J connectivity index is 0. The Morgan fingerprint density at radius 1 is 1.18 bits per heavy atom. The van der Waals surface area contributed by atoms with Gasteiger partial charge in [0.25, 0.3) is 0 Å². The minimum atomic E-state index is -0.358. The summed E-state index contributed by atoms with van der Waals surface area (Å²) in [5, 5.41) is 0. The van der Waals surface area contributed by atoms with Crippen molar-refractivity contribution in [1.29, 1.82) is 0 Å². The predicted octanol–water partition coefficient (Wildman–Crippen LogP) is 2.51. The molecular formula is C14H23NO2. The number of benzene rings is 1. The van der Waals surface area contributed by atoms with Gasteiger partial charge in [0.05, 0.1) is 6.42 Å². The van der Waals surface area contributed by atoms with Crippen molar-refractivity contribution >= 4 is 12.2 Å². The van der Waals surface area contributed by atoms with Crippen molar-refractivity contribution < 1.29 is 9.59 Å². The Bertz CT molecular complexity index is 322. The molecule has 96 valence electrons. The first-order valence-electron chi connectivity index (χ1n) is 6.02. The summed E-state index contributed by atoms with van der Waals surface area (Å²) in [6.07, 6.45) is 1.45. The Morgan fingerprint density at radius 2 is 1.71 bits per heavy atom. The van der Waals surface area contributed by atoms with Gasteiger partial charge in [0.1, 0.15) is 6.29 Å². The maximum Gasteiger partial charge on any atom is 0.221 e. The van der Waals surface area contributed by atoms with Crippen molar-refractivity contribution in [2.45, 2.75) is 40.5 Å². The maximum absolute atomic E-state index is 10.6. The number of hydrogen-bond acceptors (Lipinski definition) is 2. The molecule has 0 aliphatic rings. The lowest BCUT2D eigenvalue weighted by Gasteiger charge is -1.99. The molecule has 0 saturated carbocycles. The number of nitrogens with two attached hydrogens (primary N) is 1. The quantitative estimate of drug-likeness (QED) is 0.818. The molecule has 2 N–H and O–H groups in total. The average Bonchev–Trinajstić information content (AvgIpc) is 2.34. The Kier molecular flexibility index (Phi) is 13.0. The summed E-state index contributed by atoms with van der Waals surface area (Å²) >= 11 is 0. The summed E-state index contributed by atoms with van der Waals surface area (Å²) in [5.41, 5.74) is 6.80. The number of amides is 1. The summed E-state index contributed by atoms with van der Waals surface area (Å²) in [4.78, 5) is 20.8. The standard InChI is InChI=1S/C10H11NO2.2C2H6/c11-10(13)7-9-3-1-2-8(6-9)4-5-12;2*1-2/h1-3,5-6H,4,7H2,(H2,11,13);2*1-2H3. The molecule has 1 aromatic carbocycles. The van der Waals surface area contributed by atoms with Gasteiger partial charge in [0, 0.05) is 6.42 Å².